The molecule has 0 spiro atoms. The molecule has 0 atom stereocenters. The van der Waals surface area contributed by atoms with Crippen molar-refractivity contribution >= 4 is 21.4 Å². The quantitative estimate of drug-likeness (QED) is 0.908. The highest BCUT2D eigenvalue weighted by Gasteiger charge is 2.20. The fraction of sp³-hybridized carbons (Fsp3) is 0.500. The highest BCUT2D eigenvalue weighted by Crippen LogP contribution is 2.21. The van der Waals surface area contributed by atoms with Gasteiger partial charge in [-0.05, 0) is 38.0 Å². The maximum atomic E-state index is 12.8. The third-order valence-electron chi connectivity index (χ3n) is 2.42. The molecule has 0 heterocycles. The van der Waals surface area contributed by atoms with Gasteiger partial charge in [0, 0.05) is 5.02 Å². The van der Waals surface area contributed by atoms with Crippen molar-refractivity contribution in [3.8, 4) is 0 Å². The summed E-state index contributed by atoms with van der Waals surface area (Å²) >= 11 is 5.77. The molecule has 1 rings (SSSR count). The third kappa shape index (κ3) is 5.33. The van der Waals surface area contributed by atoms with Crippen LogP contribution in [0.15, 0.2) is 18.2 Å². The zero-order chi connectivity index (χ0) is 14.0. The molecule has 18 heavy (non-hydrogen) atoms. The van der Waals surface area contributed by atoms with E-state index in [2.05, 4.69) is 0 Å². The molecular weight excluding hydrogens is 279 g/mol. The van der Waals surface area contributed by atoms with Crippen LogP contribution in [0.4, 0.5) is 4.39 Å². The Bertz CT molecular complexity index is 521. The largest absolute Gasteiger partial charge is 0.390 e. The minimum atomic E-state index is -3.37. The Labute approximate surface area is 112 Å². The van der Waals surface area contributed by atoms with Crippen molar-refractivity contribution in [3.05, 3.63) is 34.6 Å². The summed E-state index contributed by atoms with van der Waals surface area (Å²) in [5.41, 5.74) is -0.659. The lowest BCUT2D eigenvalue weighted by atomic mass is 10.1. The molecule has 0 amide bonds. The molecule has 0 saturated carbocycles. The van der Waals surface area contributed by atoms with Crippen LogP contribution in [0.25, 0.3) is 0 Å². The number of benzene rings is 1. The standard InChI is InChI=1S/C12H16ClFO3S/c1-12(2,15)5-6-18(16,17)8-9-3-4-10(14)7-11(9)13/h3-4,7,15H,5-6,8H2,1-2H3. The summed E-state index contributed by atoms with van der Waals surface area (Å²) in [5, 5.41) is 9.60. The molecule has 0 fully saturated rings. The molecule has 0 aromatic heterocycles. The maximum Gasteiger partial charge on any atom is 0.154 e. The summed E-state index contributed by atoms with van der Waals surface area (Å²) in [6, 6.07) is 3.62. The second-order valence-electron chi connectivity index (χ2n) is 4.89. The number of rotatable bonds is 5. The Morgan fingerprint density at radius 2 is 2.00 bits per heavy atom. The second-order valence-corrected chi connectivity index (χ2v) is 7.48. The average Bonchev–Trinajstić information content (AvgIpc) is 2.19. The van der Waals surface area contributed by atoms with E-state index in [1.54, 1.807) is 13.8 Å². The average molecular weight is 295 g/mol. The molecule has 1 aromatic rings. The monoisotopic (exact) mass is 294 g/mol. The van der Waals surface area contributed by atoms with Crippen LogP contribution in [0, 0.1) is 5.82 Å². The maximum absolute atomic E-state index is 12.8. The molecule has 0 unspecified atom stereocenters. The van der Waals surface area contributed by atoms with E-state index >= 15 is 0 Å². The normalized spacial score (nSPS) is 12.7. The fourth-order valence-corrected chi connectivity index (χ4v) is 3.35. The van der Waals surface area contributed by atoms with E-state index in [0.29, 0.717) is 5.56 Å². The lowest BCUT2D eigenvalue weighted by Gasteiger charge is -2.16. The molecule has 3 nitrogen and oxygen atoms in total. The number of hydrogen-bond donors (Lipinski definition) is 1. The Morgan fingerprint density at radius 3 is 2.50 bits per heavy atom. The van der Waals surface area contributed by atoms with Crippen molar-refractivity contribution in [2.75, 3.05) is 5.75 Å². The van der Waals surface area contributed by atoms with Crippen LogP contribution >= 0.6 is 11.6 Å². The molecule has 1 aromatic carbocycles. The molecule has 0 bridgehead atoms. The van der Waals surface area contributed by atoms with E-state index in [1.807, 2.05) is 0 Å². The van der Waals surface area contributed by atoms with Gasteiger partial charge in [0.1, 0.15) is 5.82 Å². The fourth-order valence-electron chi connectivity index (χ4n) is 1.35. The van der Waals surface area contributed by atoms with E-state index in [1.165, 1.54) is 12.1 Å². The van der Waals surface area contributed by atoms with Gasteiger partial charge in [0.2, 0.25) is 0 Å². The molecule has 6 heteroatoms. The summed E-state index contributed by atoms with van der Waals surface area (Å²) in [7, 11) is -3.37. The van der Waals surface area contributed by atoms with E-state index in [9.17, 15) is 17.9 Å². The van der Waals surface area contributed by atoms with Crippen LogP contribution in [-0.2, 0) is 15.6 Å². The Balaban J connectivity index is 2.77. The van der Waals surface area contributed by atoms with Crippen molar-refractivity contribution in [1.29, 1.82) is 0 Å². The van der Waals surface area contributed by atoms with Gasteiger partial charge in [-0.2, -0.15) is 0 Å². The predicted molar refractivity (Wildman–Crippen MR) is 69.8 cm³/mol. The van der Waals surface area contributed by atoms with Crippen LogP contribution in [0.3, 0.4) is 0 Å². The molecule has 0 aliphatic carbocycles. The molecule has 0 aliphatic rings. The van der Waals surface area contributed by atoms with Gasteiger partial charge in [0.05, 0.1) is 17.1 Å². The van der Waals surface area contributed by atoms with Gasteiger partial charge in [0.25, 0.3) is 0 Å². The molecule has 0 radical (unpaired) electrons. The van der Waals surface area contributed by atoms with Crippen LogP contribution in [0.2, 0.25) is 5.02 Å². The molecule has 0 saturated heterocycles. The summed E-state index contributed by atoms with van der Waals surface area (Å²) in [6.45, 7) is 3.10. The summed E-state index contributed by atoms with van der Waals surface area (Å²) in [6.07, 6.45) is 0.147. The molecule has 1 N–H and O–H groups in total. The van der Waals surface area contributed by atoms with Crippen molar-refractivity contribution in [3.63, 3.8) is 0 Å². The smallest absolute Gasteiger partial charge is 0.154 e. The second kappa shape index (κ2) is 5.55. The Hall–Kier alpha value is -0.650. The highest BCUT2D eigenvalue weighted by atomic mass is 35.5. The van der Waals surface area contributed by atoms with E-state index in [-0.39, 0.29) is 22.9 Å². The highest BCUT2D eigenvalue weighted by molar-refractivity contribution is 7.90. The number of hydrogen-bond acceptors (Lipinski definition) is 3. The van der Waals surface area contributed by atoms with Crippen molar-refractivity contribution in [2.24, 2.45) is 0 Å². The molecule has 0 aliphatic heterocycles. The first-order valence-corrected chi connectivity index (χ1v) is 7.66. The number of aliphatic hydroxyl groups is 1. The van der Waals surface area contributed by atoms with Gasteiger partial charge < -0.3 is 5.11 Å². The minimum absolute atomic E-state index is 0.0989. The van der Waals surface area contributed by atoms with Gasteiger partial charge in [0.15, 0.2) is 9.84 Å². The zero-order valence-corrected chi connectivity index (χ0v) is 11.9. The van der Waals surface area contributed by atoms with Crippen molar-refractivity contribution in [1.82, 2.24) is 0 Å². The summed E-state index contributed by atoms with van der Waals surface area (Å²) in [5.74, 6) is -0.885. The topological polar surface area (TPSA) is 54.4 Å². The lowest BCUT2D eigenvalue weighted by molar-refractivity contribution is 0.0772. The van der Waals surface area contributed by atoms with Crippen LogP contribution < -0.4 is 0 Å². The SMILES string of the molecule is CC(C)(O)CCS(=O)(=O)Cc1ccc(F)cc1Cl. The Kier molecular flexibility index (Phi) is 4.75. The predicted octanol–water partition coefficient (Wildman–Crippen LogP) is 2.55. The first-order chi connectivity index (χ1) is 8.09. The van der Waals surface area contributed by atoms with Crippen LogP contribution in [0.1, 0.15) is 25.8 Å². The zero-order valence-electron chi connectivity index (χ0n) is 10.3. The first kappa shape index (κ1) is 15.4. The van der Waals surface area contributed by atoms with Crippen LogP contribution in [-0.4, -0.2) is 24.9 Å². The van der Waals surface area contributed by atoms with Gasteiger partial charge in [-0.1, -0.05) is 17.7 Å². The van der Waals surface area contributed by atoms with E-state index in [4.69, 9.17) is 11.6 Å². The van der Waals surface area contributed by atoms with Crippen molar-refractivity contribution < 1.29 is 17.9 Å². The van der Waals surface area contributed by atoms with Crippen LogP contribution in [0.5, 0.6) is 0 Å². The first-order valence-electron chi connectivity index (χ1n) is 5.46. The van der Waals surface area contributed by atoms with Gasteiger partial charge >= 0.3 is 0 Å². The van der Waals surface area contributed by atoms with E-state index in [0.717, 1.165) is 6.07 Å². The van der Waals surface area contributed by atoms with Gasteiger partial charge in [-0.15, -0.1) is 0 Å². The number of sulfone groups is 1. The summed E-state index contributed by atoms with van der Waals surface area (Å²) < 4.78 is 36.5. The minimum Gasteiger partial charge on any atom is -0.390 e. The molecule has 102 valence electrons. The van der Waals surface area contributed by atoms with Gasteiger partial charge in [-0.3, -0.25) is 0 Å². The number of halogens is 2. The van der Waals surface area contributed by atoms with E-state index < -0.39 is 21.3 Å². The third-order valence-corrected chi connectivity index (χ3v) is 4.34. The molecular formula is C12H16ClFO3S. The summed E-state index contributed by atoms with van der Waals surface area (Å²) in [4.78, 5) is 0. The Morgan fingerprint density at radius 1 is 1.39 bits per heavy atom. The lowest BCUT2D eigenvalue weighted by Crippen LogP contribution is -2.24. The van der Waals surface area contributed by atoms with Gasteiger partial charge in [-0.25, -0.2) is 12.8 Å². The van der Waals surface area contributed by atoms with Crippen molar-refractivity contribution in [2.45, 2.75) is 31.6 Å².